The van der Waals surface area contributed by atoms with Crippen LogP contribution in [0.4, 0.5) is 17.1 Å². The molecule has 1 aromatic heterocycles. The Morgan fingerprint density at radius 3 is 1.60 bits per heavy atom. The van der Waals surface area contributed by atoms with Crippen LogP contribution < -0.4 is 4.90 Å². The predicted octanol–water partition coefficient (Wildman–Crippen LogP) is 14.5. The first-order chi connectivity index (χ1) is 27.0. The second kappa shape index (κ2) is 11.1. The first-order valence-corrected chi connectivity index (χ1v) is 19.3. The third kappa shape index (κ3) is 4.31. The molecule has 0 spiro atoms. The number of fused-ring (bicyclic) bond motifs is 12. The summed E-state index contributed by atoms with van der Waals surface area (Å²) in [7, 11) is 0. The van der Waals surface area contributed by atoms with Crippen molar-refractivity contribution in [3.05, 3.63) is 193 Å². The van der Waals surface area contributed by atoms with E-state index in [1.807, 2.05) is 0 Å². The Labute approximate surface area is 320 Å². The van der Waals surface area contributed by atoms with Crippen LogP contribution in [0.2, 0.25) is 0 Å². The van der Waals surface area contributed by atoms with Gasteiger partial charge in [-0.25, -0.2) is 0 Å². The molecule has 0 bridgehead atoms. The van der Waals surface area contributed by atoms with Gasteiger partial charge in [-0.3, -0.25) is 0 Å². The minimum Gasteiger partial charge on any atom is -0.310 e. The van der Waals surface area contributed by atoms with Crippen LogP contribution in [0.25, 0.3) is 82.4 Å². The van der Waals surface area contributed by atoms with E-state index in [2.05, 4.69) is 205 Å². The Hall–Kier alpha value is -6.90. The number of nitrogens with zero attached hydrogens (tertiary/aromatic N) is 2. The molecule has 9 aromatic carbocycles. The Morgan fingerprint density at radius 2 is 0.891 bits per heavy atom. The van der Waals surface area contributed by atoms with E-state index in [1.54, 1.807) is 0 Å². The van der Waals surface area contributed by atoms with Crippen molar-refractivity contribution in [1.29, 1.82) is 0 Å². The zero-order valence-electron chi connectivity index (χ0n) is 30.7. The molecule has 0 saturated carbocycles. The molecule has 0 amide bonds. The third-order valence-corrected chi connectivity index (χ3v) is 12.4. The van der Waals surface area contributed by atoms with Gasteiger partial charge in [0.1, 0.15) is 0 Å². The average molecular weight is 701 g/mol. The van der Waals surface area contributed by atoms with Crippen LogP contribution in [0.1, 0.15) is 25.0 Å². The van der Waals surface area contributed by atoms with Crippen LogP contribution >= 0.6 is 0 Å². The van der Waals surface area contributed by atoms with Crippen molar-refractivity contribution in [2.45, 2.75) is 19.3 Å². The van der Waals surface area contributed by atoms with Crippen LogP contribution in [0.3, 0.4) is 0 Å². The molecule has 2 aliphatic carbocycles. The summed E-state index contributed by atoms with van der Waals surface area (Å²) < 4.78 is 2.41. The zero-order chi connectivity index (χ0) is 36.4. The average Bonchev–Trinajstić information content (AvgIpc) is 3.68. The number of hydrogen-bond acceptors (Lipinski definition) is 1. The number of aromatic nitrogens is 1. The highest BCUT2D eigenvalue weighted by Gasteiger charge is 2.36. The maximum atomic E-state index is 2.42. The molecule has 1 heterocycles. The minimum absolute atomic E-state index is 0.0717. The lowest BCUT2D eigenvalue weighted by Crippen LogP contribution is -2.16. The van der Waals surface area contributed by atoms with Gasteiger partial charge in [-0.1, -0.05) is 111 Å². The minimum atomic E-state index is -0.0717. The second-order valence-electron chi connectivity index (χ2n) is 15.8. The Balaban J connectivity index is 0.964. The fourth-order valence-corrected chi connectivity index (χ4v) is 9.73. The van der Waals surface area contributed by atoms with E-state index in [0.717, 1.165) is 11.4 Å². The molecule has 0 saturated heterocycles. The second-order valence-corrected chi connectivity index (χ2v) is 15.8. The molecule has 12 rings (SSSR count). The highest BCUT2D eigenvalue weighted by atomic mass is 15.1. The summed E-state index contributed by atoms with van der Waals surface area (Å²) in [6.45, 7) is 4.71. The van der Waals surface area contributed by atoms with E-state index < -0.39 is 0 Å². The Kier molecular flexibility index (Phi) is 6.15. The summed E-state index contributed by atoms with van der Waals surface area (Å²) in [4.78, 5) is 2.41. The van der Waals surface area contributed by atoms with Crippen molar-refractivity contribution >= 4 is 60.4 Å². The fraction of sp³-hybridized carbons (Fsp3) is 0.0566. The summed E-state index contributed by atoms with van der Waals surface area (Å²) in [5.41, 5.74) is 17.8. The van der Waals surface area contributed by atoms with Gasteiger partial charge >= 0.3 is 0 Å². The van der Waals surface area contributed by atoms with Crippen LogP contribution in [-0.4, -0.2) is 4.57 Å². The Morgan fingerprint density at radius 1 is 0.364 bits per heavy atom. The number of benzene rings is 9. The van der Waals surface area contributed by atoms with Crippen LogP contribution in [-0.2, 0) is 5.41 Å². The molecule has 0 N–H and O–H groups in total. The van der Waals surface area contributed by atoms with Crippen LogP contribution in [0, 0.1) is 0 Å². The molecule has 0 fully saturated rings. The number of hydrogen-bond donors (Lipinski definition) is 0. The molecule has 0 radical (unpaired) electrons. The van der Waals surface area contributed by atoms with Crippen molar-refractivity contribution in [3.63, 3.8) is 0 Å². The molecule has 10 aromatic rings. The zero-order valence-corrected chi connectivity index (χ0v) is 30.7. The summed E-state index contributed by atoms with van der Waals surface area (Å²) in [5, 5.41) is 7.60. The molecule has 2 heteroatoms. The molecule has 55 heavy (non-hydrogen) atoms. The van der Waals surface area contributed by atoms with Crippen LogP contribution in [0.5, 0.6) is 0 Å². The van der Waals surface area contributed by atoms with E-state index in [-0.39, 0.29) is 5.41 Å². The van der Waals surface area contributed by atoms with Gasteiger partial charge in [0.2, 0.25) is 0 Å². The van der Waals surface area contributed by atoms with Crippen molar-refractivity contribution in [2.75, 3.05) is 4.90 Å². The molecule has 258 valence electrons. The molecule has 0 unspecified atom stereocenters. The summed E-state index contributed by atoms with van der Waals surface area (Å²) in [6.07, 6.45) is 0. The van der Waals surface area contributed by atoms with Crippen molar-refractivity contribution < 1.29 is 0 Å². The van der Waals surface area contributed by atoms with Gasteiger partial charge in [0.05, 0.1) is 11.0 Å². The van der Waals surface area contributed by atoms with Gasteiger partial charge in [0.25, 0.3) is 0 Å². The van der Waals surface area contributed by atoms with E-state index in [0.29, 0.717) is 0 Å². The van der Waals surface area contributed by atoms with E-state index in [9.17, 15) is 0 Å². The maximum Gasteiger partial charge on any atom is 0.0541 e. The summed E-state index contributed by atoms with van der Waals surface area (Å²) in [6, 6.07) is 67.6. The van der Waals surface area contributed by atoms with E-state index in [4.69, 9.17) is 0 Å². The van der Waals surface area contributed by atoms with Crippen molar-refractivity contribution in [1.82, 2.24) is 4.57 Å². The first kappa shape index (κ1) is 30.6. The van der Waals surface area contributed by atoms with Gasteiger partial charge in [0.15, 0.2) is 0 Å². The van der Waals surface area contributed by atoms with Gasteiger partial charge in [-0.05, 0) is 151 Å². The third-order valence-electron chi connectivity index (χ3n) is 12.4. The van der Waals surface area contributed by atoms with Gasteiger partial charge in [-0.15, -0.1) is 0 Å². The predicted molar refractivity (Wildman–Crippen MR) is 232 cm³/mol. The molecular formula is C53H36N2. The van der Waals surface area contributed by atoms with E-state index in [1.165, 1.54) is 99.2 Å². The SMILES string of the molecule is CC1(C)c2ccccc2-c2ccc(N(c3ccccc3)c3ccc4cc5c(cc4c3)-c3cc4cc(-n6c7ccccc7c7ccccc76)ccc4cc3-5)cc21. The number of para-hydroxylation sites is 3. The smallest absolute Gasteiger partial charge is 0.0541 e. The normalized spacial score (nSPS) is 13.4. The van der Waals surface area contributed by atoms with Crippen molar-refractivity contribution in [2.24, 2.45) is 0 Å². The number of anilines is 3. The summed E-state index contributed by atoms with van der Waals surface area (Å²) >= 11 is 0. The fourth-order valence-electron chi connectivity index (χ4n) is 9.73. The van der Waals surface area contributed by atoms with Gasteiger partial charge in [-0.2, -0.15) is 0 Å². The lowest BCUT2D eigenvalue weighted by atomic mass is 9.78. The highest BCUT2D eigenvalue weighted by Crippen LogP contribution is 2.53. The number of rotatable bonds is 4. The molecule has 2 nitrogen and oxygen atoms in total. The largest absolute Gasteiger partial charge is 0.310 e. The van der Waals surface area contributed by atoms with Gasteiger partial charge in [0, 0.05) is 38.9 Å². The summed E-state index contributed by atoms with van der Waals surface area (Å²) in [5.74, 6) is 0. The highest BCUT2D eigenvalue weighted by molar-refractivity contribution is 6.13. The lowest BCUT2D eigenvalue weighted by Gasteiger charge is -2.29. The van der Waals surface area contributed by atoms with Crippen LogP contribution in [0.15, 0.2) is 182 Å². The first-order valence-electron chi connectivity index (χ1n) is 19.3. The monoisotopic (exact) mass is 700 g/mol. The van der Waals surface area contributed by atoms with Gasteiger partial charge < -0.3 is 9.47 Å². The molecule has 0 aliphatic heterocycles. The lowest BCUT2D eigenvalue weighted by molar-refractivity contribution is 0.660. The maximum absolute atomic E-state index is 2.42. The Bertz CT molecular complexity index is 3180. The molecule has 0 atom stereocenters. The topological polar surface area (TPSA) is 8.17 Å². The van der Waals surface area contributed by atoms with E-state index >= 15 is 0 Å². The molecular weight excluding hydrogens is 665 g/mol. The standard InChI is InChI=1S/C53H36N2/c1-53(2)49-17-9-6-14-41(49)42-25-24-40(32-50(42)53)54(37-12-4-3-5-13-37)38-22-20-33-28-45-46-29-34-21-23-39(27-36(34)31-48(46)47(45)30-35(33)26-38)55-51-18-10-7-15-43(51)44-16-8-11-19-52(44)55/h3-32H,1-2H3. The quantitative estimate of drug-likeness (QED) is 0.177. The molecule has 2 aliphatic rings. The van der Waals surface area contributed by atoms with Crippen molar-refractivity contribution in [3.8, 4) is 39.1 Å².